The van der Waals surface area contributed by atoms with E-state index in [9.17, 15) is 9.59 Å². The zero-order valence-electron chi connectivity index (χ0n) is 14.1. The van der Waals surface area contributed by atoms with Gasteiger partial charge in [0.15, 0.2) is 0 Å². The summed E-state index contributed by atoms with van der Waals surface area (Å²) in [7, 11) is 1.54. The molecule has 0 spiro atoms. The number of benzene rings is 1. The van der Waals surface area contributed by atoms with Crippen molar-refractivity contribution in [3.8, 4) is 5.75 Å². The molecular formula is C17H21BrN2O4. The maximum Gasteiger partial charge on any atom is 0.338 e. The molecule has 0 saturated heterocycles. The van der Waals surface area contributed by atoms with Gasteiger partial charge in [-0.2, -0.15) is 0 Å². The molecule has 1 aromatic carbocycles. The van der Waals surface area contributed by atoms with E-state index in [1.807, 2.05) is 26.0 Å². The zero-order chi connectivity index (χ0) is 17.9. The van der Waals surface area contributed by atoms with Crippen LogP contribution in [0.25, 0.3) is 0 Å². The lowest BCUT2D eigenvalue weighted by atomic mass is 9.95. The largest absolute Gasteiger partial charge is 0.496 e. The molecule has 1 heterocycles. The Morgan fingerprint density at radius 3 is 2.75 bits per heavy atom. The Bertz CT molecular complexity index is 687. The van der Waals surface area contributed by atoms with E-state index in [0.29, 0.717) is 29.0 Å². The molecule has 1 aromatic rings. The topological polar surface area (TPSA) is 76.7 Å². The minimum atomic E-state index is -0.650. The number of amides is 2. The van der Waals surface area contributed by atoms with Crippen molar-refractivity contribution in [1.82, 2.24) is 10.6 Å². The third-order valence-corrected chi connectivity index (χ3v) is 4.37. The van der Waals surface area contributed by atoms with Crippen molar-refractivity contribution < 1.29 is 19.1 Å². The van der Waals surface area contributed by atoms with E-state index in [-0.39, 0.29) is 12.1 Å². The number of allylic oxidation sites excluding steroid dienone is 1. The number of hydrogen-bond acceptors (Lipinski definition) is 4. The van der Waals surface area contributed by atoms with Crippen LogP contribution in [0.15, 0.2) is 33.9 Å². The first-order valence-electron chi connectivity index (χ1n) is 7.70. The van der Waals surface area contributed by atoms with Crippen LogP contribution in [0.1, 0.15) is 38.8 Å². The molecular weight excluding hydrogens is 376 g/mol. The summed E-state index contributed by atoms with van der Waals surface area (Å²) in [4.78, 5) is 24.6. The highest BCUT2D eigenvalue weighted by Crippen LogP contribution is 2.35. The summed E-state index contributed by atoms with van der Waals surface area (Å²) in [5.41, 5.74) is 1.52. The highest BCUT2D eigenvalue weighted by molar-refractivity contribution is 9.10. The monoisotopic (exact) mass is 396 g/mol. The van der Waals surface area contributed by atoms with Crippen molar-refractivity contribution >= 4 is 27.9 Å². The molecule has 130 valence electrons. The zero-order valence-corrected chi connectivity index (χ0v) is 15.7. The standard InChI is InChI=1S/C17H21BrN2O4/c1-5-9(2)24-16(21)14-10(3)19-17(22)20-15(14)12-8-11(18)6-7-13(12)23-4/h6-9,15H,5H2,1-4H3,(H2,19,20,22)/t9-,15+/m1/s1. The van der Waals surface area contributed by atoms with E-state index in [0.717, 1.165) is 4.47 Å². The average molecular weight is 397 g/mol. The van der Waals surface area contributed by atoms with E-state index in [1.165, 1.54) is 0 Å². The average Bonchev–Trinajstić information content (AvgIpc) is 2.53. The van der Waals surface area contributed by atoms with Gasteiger partial charge in [-0.05, 0) is 38.5 Å². The van der Waals surface area contributed by atoms with Gasteiger partial charge in [-0.25, -0.2) is 9.59 Å². The summed E-state index contributed by atoms with van der Waals surface area (Å²) in [6, 6.07) is 4.40. The highest BCUT2D eigenvalue weighted by Gasteiger charge is 2.34. The number of urea groups is 1. The molecule has 2 rings (SSSR count). The van der Waals surface area contributed by atoms with Crippen LogP contribution in [0, 0.1) is 0 Å². The second-order valence-corrected chi connectivity index (χ2v) is 6.50. The fraction of sp³-hybridized carbons (Fsp3) is 0.412. The van der Waals surface area contributed by atoms with Gasteiger partial charge in [0.2, 0.25) is 0 Å². The maximum absolute atomic E-state index is 12.6. The molecule has 2 atom stereocenters. The first kappa shape index (κ1) is 18.3. The van der Waals surface area contributed by atoms with Crippen molar-refractivity contribution in [2.24, 2.45) is 0 Å². The summed E-state index contributed by atoms with van der Waals surface area (Å²) >= 11 is 3.41. The highest BCUT2D eigenvalue weighted by atomic mass is 79.9. The van der Waals surface area contributed by atoms with Gasteiger partial charge in [-0.3, -0.25) is 0 Å². The SMILES string of the molecule is CC[C@@H](C)OC(=O)C1=C(C)NC(=O)N[C@H]1c1cc(Br)ccc1OC. The number of halogens is 1. The molecule has 2 N–H and O–H groups in total. The summed E-state index contributed by atoms with van der Waals surface area (Å²) in [5.74, 6) is 0.119. The maximum atomic E-state index is 12.6. The Hall–Kier alpha value is -2.02. The number of rotatable bonds is 5. The van der Waals surface area contributed by atoms with Gasteiger partial charge < -0.3 is 20.1 Å². The fourth-order valence-electron chi connectivity index (χ4n) is 2.46. The number of carbonyl (C=O) groups excluding carboxylic acids is 2. The molecule has 0 aromatic heterocycles. The molecule has 0 saturated carbocycles. The minimum Gasteiger partial charge on any atom is -0.496 e. The van der Waals surface area contributed by atoms with E-state index in [4.69, 9.17) is 9.47 Å². The van der Waals surface area contributed by atoms with Gasteiger partial charge in [0.05, 0.1) is 24.8 Å². The smallest absolute Gasteiger partial charge is 0.338 e. The molecule has 1 aliphatic heterocycles. The quantitative estimate of drug-likeness (QED) is 0.747. The second kappa shape index (κ2) is 7.70. The molecule has 24 heavy (non-hydrogen) atoms. The predicted molar refractivity (Wildman–Crippen MR) is 93.6 cm³/mol. The van der Waals surface area contributed by atoms with Gasteiger partial charge in [0.25, 0.3) is 0 Å². The van der Waals surface area contributed by atoms with Crippen LogP contribution in [0.2, 0.25) is 0 Å². The van der Waals surface area contributed by atoms with Crippen LogP contribution in [0.3, 0.4) is 0 Å². The van der Waals surface area contributed by atoms with E-state index in [1.54, 1.807) is 20.1 Å². The van der Waals surface area contributed by atoms with Crippen molar-refractivity contribution in [3.63, 3.8) is 0 Å². The van der Waals surface area contributed by atoms with Gasteiger partial charge in [0.1, 0.15) is 5.75 Å². The molecule has 7 heteroatoms. The van der Waals surface area contributed by atoms with Crippen LogP contribution >= 0.6 is 15.9 Å². The van der Waals surface area contributed by atoms with Crippen molar-refractivity contribution in [2.75, 3.05) is 7.11 Å². The Kier molecular flexibility index (Phi) is 5.88. The molecule has 1 aliphatic rings. The van der Waals surface area contributed by atoms with Crippen molar-refractivity contribution in [3.05, 3.63) is 39.5 Å². The summed E-state index contributed by atoms with van der Waals surface area (Å²) in [6.07, 6.45) is 0.503. The first-order chi connectivity index (χ1) is 11.4. The fourth-order valence-corrected chi connectivity index (χ4v) is 2.84. The van der Waals surface area contributed by atoms with Crippen LogP contribution in [-0.2, 0) is 9.53 Å². The van der Waals surface area contributed by atoms with Gasteiger partial charge in [-0.15, -0.1) is 0 Å². The van der Waals surface area contributed by atoms with Gasteiger partial charge >= 0.3 is 12.0 Å². The molecule has 0 aliphatic carbocycles. The number of hydrogen-bond donors (Lipinski definition) is 2. The lowest BCUT2D eigenvalue weighted by Gasteiger charge is -2.29. The van der Waals surface area contributed by atoms with E-state index >= 15 is 0 Å². The van der Waals surface area contributed by atoms with E-state index in [2.05, 4.69) is 26.6 Å². The first-order valence-corrected chi connectivity index (χ1v) is 8.49. The third-order valence-electron chi connectivity index (χ3n) is 3.87. The Morgan fingerprint density at radius 1 is 1.42 bits per heavy atom. The normalized spacial score (nSPS) is 18.5. The third kappa shape index (κ3) is 3.90. The van der Waals surface area contributed by atoms with Crippen LogP contribution in [0.5, 0.6) is 5.75 Å². The van der Waals surface area contributed by atoms with Crippen LogP contribution < -0.4 is 15.4 Å². The number of carbonyl (C=O) groups is 2. The van der Waals surface area contributed by atoms with Crippen LogP contribution in [-0.4, -0.2) is 25.2 Å². The minimum absolute atomic E-state index is 0.208. The lowest BCUT2D eigenvalue weighted by molar-refractivity contribution is -0.144. The van der Waals surface area contributed by atoms with Gasteiger partial charge in [0, 0.05) is 15.7 Å². The number of methoxy groups -OCH3 is 1. The summed E-state index contributed by atoms with van der Waals surface area (Å²) in [5, 5.41) is 5.41. The molecule has 0 bridgehead atoms. The van der Waals surface area contributed by atoms with Crippen molar-refractivity contribution in [1.29, 1.82) is 0 Å². The molecule has 0 fully saturated rings. The van der Waals surface area contributed by atoms with Gasteiger partial charge in [-0.1, -0.05) is 22.9 Å². The van der Waals surface area contributed by atoms with Crippen LogP contribution in [0.4, 0.5) is 4.79 Å². The summed E-state index contributed by atoms with van der Waals surface area (Å²) in [6.45, 7) is 5.45. The van der Waals surface area contributed by atoms with E-state index < -0.39 is 12.0 Å². The Morgan fingerprint density at radius 2 is 2.12 bits per heavy atom. The lowest BCUT2D eigenvalue weighted by Crippen LogP contribution is -2.45. The Balaban J connectivity index is 2.49. The summed E-state index contributed by atoms with van der Waals surface area (Å²) < 4.78 is 11.7. The predicted octanol–water partition coefficient (Wildman–Crippen LogP) is 3.43. The van der Waals surface area contributed by atoms with Crippen molar-refractivity contribution in [2.45, 2.75) is 39.3 Å². The molecule has 0 unspecified atom stereocenters. The number of ether oxygens (including phenoxy) is 2. The molecule has 0 radical (unpaired) electrons. The Labute approximate surface area is 149 Å². The number of nitrogens with one attached hydrogen (secondary N) is 2. The second-order valence-electron chi connectivity index (χ2n) is 5.58. The molecule has 2 amide bonds. The molecule has 6 nitrogen and oxygen atoms in total. The number of esters is 1.